The molecular formula is C29H34ClF2NO3S. The topological polar surface area (TPSA) is 58.9 Å². The van der Waals surface area contributed by atoms with Crippen molar-refractivity contribution in [1.82, 2.24) is 0 Å². The zero-order chi connectivity index (χ0) is 27.2. The number of carbonyl (C=O) groups is 1. The van der Waals surface area contributed by atoms with E-state index in [0.717, 1.165) is 16.0 Å². The fraction of sp³-hybridized carbons (Fsp3) is 0.448. The molecule has 0 aliphatic carbocycles. The van der Waals surface area contributed by atoms with Gasteiger partial charge >= 0.3 is 6.11 Å². The van der Waals surface area contributed by atoms with E-state index in [2.05, 4.69) is 6.92 Å². The highest BCUT2D eigenvalue weighted by Gasteiger charge is 2.30. The second kappa shape index (κ2) is 12.9. The molecule has 2 heterocycles. The van der Waals surface area contributed by atoms with Crippen molar-refractivity contribution in [2.75, 3.05) is 6.61 Å². The summed E-state index contributed by atoms with van der Waals surface area (Å²) in [4.78, 5) is 19.3. The van der Waals surface area contributed by atoms with Gasteiger partial charge in [0.2, 0.25) is 0 Å². The minimum Gasteiger partial charge on any atom is -0.433 e. The van der Waals surface area contributed by atoms with Crippen LogP contribution in [0.15, 0.2) is 53.5 Å². The lowest BCUT2D eigenvalue weighted by atomic mass is 9.84. The molecule has 0 bridgehead atoms. The van der Waals surface area contributed by atoms with Gasteiger partial charge in [0.05, 0.1) is 21.3 Å². The first-order chi connectivity index (χ1) is 17.5. The van der Waals surface area contributed by atoms with E-state index in [1.807, 2.05) is 38.1 Å². The minimum absolute atomic E-state index is 0.00789. The summed E-state index contributed by atoms with van der Waals surface area (Å²) in [6.45, 7) is 7.55. The Labute approximate surface area is 226 Å². The Hall–Kier alpha value is -2.35. The summed E-state index contributed by atoms with van der Waals surface area (Å²) in [5.41, 5.74) is 2.72. The maximum Gasteiger partial charge on any atom is 0.397 e. The van der Waals surface area contributed by atoms with Gasteiger partial charge in [-0.25, -0.2) is 4.99 Å². The van der Waals surface area contributed by atoms with E-state index >= 15 is 0 Å². The number of hydrogen-bond acceptors (Lipinski definition) is 5. The molecule has 0 saturated carbocycles. The van der Waals surface area contributed by atoms with Gasteiger partial charge in [0.25, 0.3) is 0 Å². The first-order valence-electron chi connectivity index (χ1n) is 12.6. The molecule has 4 nitrogen and oxygen atoms in total. The molecule has 3 rings (SSSR count). The highest BCUT2D eigenvalue weighted by molar-refractivity contribution is 7.17. The van der Waals surface area contributed by atoms with Gasteiger partial charge in [0, 0.05) is 12.5 Å². The number of halogens is 3. The molecule has 8 heteroatoms. The number of ether oxygens (including phenoxy) is 1. The predicted octanol–water partition coefficient (Wildman–Crippen LogP) is 8.30. The van der Waals surface area contributed by atoms with Crippen molar-refractivity contribution >= 4 is 45.7 Å². The molecule has 0 spiro atoms. The SMILES string of the molecule is CCCC(F)(F)Oc1ccc(/C2=C/C(C(=O)[C@@H](C)C(C)CCO)=N\C(c3ccc(Cl)s3)=C\CC2C)cc1. The third-order valence-corrected chi connectivity index (χ3v) is 7.91. The molecule has 200 valence electrons. The van der Waals surface area contributed by atoms with Crippen LogP contribution in [0.5, 0.6) is 5.75 Å². The van der Waals surface area contributed by atoms with Crippen LogP contribution in [0.25, 0.3) is 11.3 Å². The number of ketones is 1. The van der Waals surface area contributed by atoms with E-state index in [1.165, 1.54) is 23.5 Å². The number of nitrogens with zero attached hydrogens (tertiary/aromatic N) is 1. The third kappa shape index (κ3) is 7.82. The molecule has 2 aromatic rings. The van der Waals surface area contributed by atoms with Gasteiger partial charge in [0.15, 0.2) is 5.78 Å². The van der Waals surface area contributed by atoms with Crippen molar-refractivity contribution < 1.29 is 23.4 Å². The number of allylic oxidation sites excluding steroid dienone is 3. The largest absolute Gasteiger partial charge is 0.433 e. The van der Waals surface area contributed by atoms with Gasteiger partial charge in [-0.3, -0.25) is 4.79 Å². The van der Waals surface area contributed by atoms with E-state index in [1.54, 1.807) is 19.1 Å². The number of thiophene rings is 1. The Balaban J connectivity index is 2.01. The van der Waals surface area contributed by atoms with Crippen LogP contribution in [0.3, 0.4) is 0 Å². The van der Waals surface area contributed by atoms with Gasteiger partial charge in [-0.15, -0.1) is 11.3 Å². The normalized spacial score (nSPS) is 22.4. The van der Waals surface area contributed by atoms with E-state index in [-0.39, 0.29) is 42.3 Å². The molecule has 1 aromatic heterocycles. The van der Waals surface area contributed by atoms with Crippen LogP contribution in [-0.4, -0.2) is 29.3 Å². The third-order valence-electron chi connectivity index (χ3n) is 6.65. The minimum atomic E-state index is -3.22. The zero-order valence-corrected chi connectivity index (χ0v) is 23.2. The van der Waals surface area contributed by atoms with Crippen LogP contribution in [0, 0.1) is 17.8 Å². The summed E-state index contributed by atoms with van der Waals surface area (Å²) in [5, 5.41) is 9.37. The fourth-order valence-corrected chi connectivity index (χ4v) is 5.22. The molecule has 0 amide bonds. The summed E-state index contributed by atoms with van der Waals surface area (Å²) < 4.78 is 33.4. The predicted molar refractivity (Wildman–Crippen MR) is 148 cm³/mol. The summed E-state index contributed by atoms with van der Waals surface area (Å²) >= 11 is 7.57. The first kappa shape index (κ1) is 29.2. The van der Waals surface area contributed by atoms with Crippen molar-refractivity contribution in [2.24, 2.45) is 22.7 Å². The lowest BCUT2D eigenvalue weighted by Gasteiger charge is -2.22. The average molecular weight is 550 g/mol. The molecule has 1 aliphatic heterocycles. The molecule has 1 aliphatic rings. The zero-order valence-electron chi connectivity index (χ0n) is 21.6. The highest BCUT2D eigenvalue weighted by Crippen LogP contribution is 2.35. The van der Waals surface area contributed by atoms with Crippen LogP contribution < -0.4 is 4.74 Å². The van der Waals surface area contributed by atoms with Crippen molar-refractivity contribution in [1.29, 1.82) is 0 Å². The lowest BCUT2D eigenvalue weighted by molar-refractivity contribution is -0.180. The van der Waals surface area contributed by atoms with E-state index < -0.39 is 6.11 Å². The smallest absolute Gasteiger partial charge is 0.397 e. The molecule has 2 unspecified atom stereocenters. The van der Waals surface area contributed by atoms with Gasteiger partial charge in [0.1, 0.15) is 11.5 Å². The van der Waals surface area contributed by atoms with Crippen molar-refractivity contribution in [3.05, 3.63) is 63.3 Å². The Morgan fingerprint density at radius 2 is 1.95 bits per heavy atom. The van der Waals surface area contributed by atoms with Crippen LogP contribution in [0.4, 0.5) is 8.78 Å². The average Bonchev–Trinajstić information content (AvgIpc) is 3.27. The number of benzene rings is 1. The van der Waals surface area contributed by atoms with Crippen LogP contribution in [0.1, 0.15) is 63.8 Å². The first-order valence-corrected chi connectivity index (χ1v) is 13.8. The number of rotatable bonds is 11. The summed E-state index contributed by atoms with van der Waals surface area (Å²) in [6.07, 6.45) is 1.76. The number of aliphatic hydroxyl groups is 1. The molecule has 0 radical (unpaired) electrons. The van der Waals surface area contributed by atoms with Crippen LogP contribution in [-0.2, 0) is 4.79 Å². The Morgan fingerprint density at radius 3 is 2.54 bits per heavy atom. The Kier molecular flexibility index (Phi) is 10.2. The molecule has 37 heavy (non-hydrogen) atoms. The number of hydrogen-bond donors (Lipinski definition) is 1. The number of aliphatic hydroxyl groups excluding tert-OH is 1. The van der Waals surface area contributed by atoms with Gasteiger partial charge in [-0.1, -0.05) is 57.5 Å². The number of carbonyl (C=O) groups excluding carboxylic acids is 1. The van der Waals surface area contributed by atoms with E-state index in [0.29, 0.717) is 35.0 Å². The van der Waals surface area contributed by atoms with Crippen molar-refractivity contribution in [2.45, 2.75) is 59.5 Å². The molecule has 1 N–H and O–H groups in total. The van der Waals surface area contributed by atoms with Gasteiger partial charge in [-0.05, 0) is 72.6 Å². The Morgan fingerprint density at radius 1 is 1.24 bits per heavy atom. The molecule has 3 atom stereocenters. The maximum absolute atomic E-state index is 13.9. The highest BCUT2D eigenvalue weighted by atomic mass is 35.5. The number of aliphatic imine (C=N–C) groups is 1. The van der Waals surface area contributed by atoms with E-state index in [9.17, 15) is 18.7 Å². The monoisotopic (exact) mass is 549 g/mol. The fourth-order valence-electron chi connectivity index (χ4n) is 4.19. The van der Waals surface area contributed by atoms with Crippen LogP contribution in [0.2, 0.25) is 4.34 Å². The number of Topliss-reactive ketones (excluding diaryl/α,β-unsaturated/α-hetero) is 1. The van der Waals surface area contributed by atoms with Crippen molar-refractivity contribution in [3.8, 4) is 5.75 Å². The Bertz CT molecular complexity index is 1170. The van der Waals surface area contributed by atoms with Crippen LogP contribution >= 0.6 is 22.9 Å². The number of alkyl halides is 2. The summed E-state index contributed by atoms with van der Waals surface area (Å²) in [7, 11) is 0. The van der Waals surface area contributed by atoms with Gasteiger partial charge in [-0.2, -0.15) is 8.78 Å². The quantitative estimate of drug-likeness (QED) is 0.306. The standard InChI is InChI=1S/C29H34ClF2NO3S/c1-5-15-29(31,32)36-22-9-7-21(8-10-22)23-17-25(28(35)20(4)18(2)14-16-34)33-24(11-6-19(23)3)26-12-13-27(30)37-26/h7-13,17-20,34H,5-6,14-16H2,1-4H3/b23-17+,24-11+,33-25+/t18?,19?,20-/m0/s1. The van der Waals surface area contributed by atoms with Crippen molar-refractivity contribution in [3.63, 3.8) is 0 Å². The summed E-state index contributed by atoms with van der Waals surface area (Å²) in [6, 6.07) is 10.2. The lowest BCUT2D eigenvalue weighted by Crippen LogP contribution is -2.27. The van der Waals surface area contributed by atoms with Gasteiger partial charge < -0.3 is 9.84 Å². The maximum atomic E-state index is 13.9. The van der Waals surface area contributed by atoms with E-state index in [4.69, 9.17) is 21.3 Å². The second-order valence-corrected chi connectivity index (χ2v) is 11.3. The molecule has 0 fully saturated rings. The molecular weight excluding hydrogens is 516 g/mol. The summed E-state index contributed by atoms with van der Waals surface area (Å²) in [5.74, 6) is -0.357. The molecule has 0 saturated heterocycles. The second-order valence-electron chi connectivity index (χ2n) is 9.58. The molecule has 1 aromatic carbocycles.